The van der Waals surface area contributed by atoms with Crippen LogP contribution in [0.4, 0.5) is 5.82 Å². The predicted octanol–water partition coefficient (Wildman–Crippen LogP) is 3.86. The van der Waals surface area contributed by atoms with Crippen molar-refractivity contribution >= 4 is 5.82 Å². The van der Waals surface area contributed by atoms with E-state index in [9.17, 15) is 0 Å². The first-order valence-corrected chi connectivity index (χ1v) is 8.03. The van der Waals surface area contributed by atoms with E-state index in [0.29, 0.717) is 18.1 Å². The maximum absolute atomic E-state index is 4.73. The monoisotopic (exact) mass is 275 g/mol. The standard InChI is InChI=1S/C17H29N3/c1-6-19-11-7-8-16(19)15-9-10-17(18-12-15)20(13(2)3)14(4)5/h9-10,12-14,16H,6-8,11H2,1-5H3/t16-/m1/s1. The number of hydrogen-bond donors (Lipinski definition) is 0. The van der Waals surface area contributed by atoms with E-state index in [4.69, 9.17) is 4.98 Å². The Morgan fingerprint density at radius 3 is 2.45 bits per heavy atom. The van der Waals surface area contributed by atoms with Gasteiger partial charge in [0.05, 0.1) is 0 Å². The van der Waals surface area contributed by atoms with Crippen LogP contribution in [0, 0.1) is 0 Å². The molecule has 112 valence electrons. The third kappa shape index (κ3) is 3.14. The molecule has 1 aromatic heterocycles. The minimum atomic E-state index is 0.479. The van der Waals surface area contributed by atoms with Crippen molar-refractivity contribution < 1.29 is 0 Å². The second-order valence-electron chi connectivity index (χ2n) is 6.33. The van der Waals surface area contributed by atoms with Gasteiger partial charge in [-0.05, 0) is 65.3 Å². The van der Waals surface area contributed by atoms with Crippen molar-refractivity contribution in [3.8, 4) is 0 Å². The maximum atomic E-state index is 4.73. The highest BCUT2D eigenvalue weighted by molar-refractivity contribution is 5.41. The summed E-state index contributed by atoms with van der Waals surface area (Å²) in [6.07, 6.45) is 4.67. The normalized spacial score (nSPS) is 20.1. The molecule has 1 saturated heterocycles. The van der Waals surface area contributed by atoms with Crippen LogP contribution in [0.25, 0.3) is 0 Å². The fourth-order valence-corrected chi connectivity index (χ4v) is 3.45. The Hall–Kier alpha value is -1.09. The Morgan fingerprint density at radius 2 is 1.95 bits per heavy atom. The Kier molecular flexibility index (Phi) is 5.03. The average Bonchev–Trinajstić information content (AvgIpc) is 2.87. The van der Waals surface area contributed by atoms with Gasteiger partial charge in [0.25, 0.3) is 0 Å². The van der Waals surface area contributed by atoms with E-state index in [1.54, 1.807) is 0 Å². The molecule has 0 aliphatic carbocycles. The van der Waals surface area contributed by atoms with Gasteiger partial charge in [0.15, 0.2) is 0 Å². The van der Waals surface area contributed by atoms with Crippen LogP contribution in [0.15, 0.2) is 18.3 Å². The van der Waals surface area contributed by atoms with E-state index in [-0.39, 0.29) is 0 Å². The number of nitrogens with zero attached hydrogens (tertiary/aromatic N) is 3. The molecule has 1 aliphatic heterocycles. The van der Waals surface area contributed by atoms with E-state index in [0.717, 1.165) is 12.4 Å². The summed E-state index contributed by atoms with van der Waals surface area (Å²) in [4.78, 5) is 9.66. The molecule has 0 amide bonds. The minimum absolute atomic E-state index is 0.479. The maximum Gasteiger partial charge on any atom is 0.128 e. The van der Waals surface area contributed by atoms with Crippen molar-refractivity contribution in [3.63, 3.8) is 0 Å². The smallest absolute Gasteiger partial charge is 0.128 e. The van der Waals surface area contributed by atoms with Gasteiger partial charge in [-0.2, -0.15) is 0 Å². The Bertz CT molecular complexity index is 403. The molecular weight excluding hydrogens is 246 g/mol. The molecule has 20 heavy (non-hydrogen) atoms. The summed E-state index contributed by atoms with van der Waals surface area (Å²) in [6, 6.07) is 6.01. The Labute approximate surface area is 124 Å². The third-order valence-corrected chi connectivity index (χ3v) is 4.30. The minimum Gasteiger partial charge on any atom is -0.352 e. The fraction of sp³-hybridized carbons (Fsp3) is 0.706. The molecule has 1 aliphatic rings. The molecule has 3 nitrogen and oxygen atoms in total. The van der Waals surface area contributed by atoms with Crippen LogP contribution in [0.3, 0.4) is 0 Å². The van der Waals surface area contributed by atoms with E-state index in [1.165, 1.54) is 24.9 Å². The van der Waals surface area contributed by atoms with Gasteiger partial charge in [-0.3, -0.25) is 4.90 Å². The van der Waals surface area contributed by atoms with E-state index in [1.807, 2.05) is 0 Å². The van der Waals surface area contributed by atoms with Crippen molar-refractivity contribution in [2.75, 3.05) is 18.0 Å². The molecule has 0 N–H and O–H groups in total. The van der Waals surface area contributed by atoms with Gasteiger partial charge in [-0.15, -0.1) is 0 Å². The van der Waals surface area contributed by atoms with Gasteiger partial charge < -0.3 is 4.90 Å². The zero-order valence-corrected chi connectivity index (χ0v) is 13.6. The summed E-state index contributed by atoms with van der Waals surface area (Å²) >= 11 is 0. The molecule has 2 heterocycles. The van der Waals surface area contributed by atoms with Crippen LogP contribution in [0.5, 0.6) is 0 Å². The summed E-state index contributed by atoms with van der Waals surface area (Å²) in [5.74, 6) is 1.10. The summed E-state index contributed by atoms with van der Waals surface area (Å²) in [5.41, 5.74) is 1.38. The Morgan fingerprint density at radius 1 is 1.25 bits per heavy atom. The van der Waals surface area contributed by atoms with Gasteiger partial charge in [0.1, 0.15) is 5.82 Å². The van der Waals surface area contributed by atoms with E-state index >= 15 is 0 Å². The quantitative estimate of drug-likeness (QED) is 0.813. The summed E-state index contributed by atoms with van der Waals surface area (Å²) in [6.45, 7) is 13.5. The van der Waals surface area contributed by atoms with Crippen LogP contribution in [-0.2, 0) is 0 Å². The SMILES string of the molecule is CCN1CCC[C@@H]1c1ccc(N(C(C)C)C(C)C)nc1. The lowest BCUT2D eigenvalue weighted by atomic mass is 10.1. The first kappa shape index (κ1) is 15.3. The zero-order chi connectivity index (χ0) is 14.7. The van der Waals surface area contributed by atoms with Gasteiger partial charge in [-0.25, -0.2) is 4.98 Å². The Balaban J connectivity index is 2.17. The first-order chi connectivity index (χ1) is 9.54. The lowest BCUT2D eigenvalue weighted by molar-refractivity contribution is 0.271. The molecular formula is C17H29N3. The van der Waals surface area contributed by atoms with Crippen molar-refractivity contribution in [2.24, 2.45) is 0 Å². The summed E-state index contributed by atoms with van der Waals surface area (Å²) < 4.78 is 0. The second kappa shape index (κ2) is 6.57. The van der Waals surface area contributed by atoms with Crippen LogP contribution >= 0.6 is 0 Å². The number of likely N-dealkylation sites (tertiary alicyclic amines) is 1. The highest BCUT2D eigenvalue weighted by Crippen LogP contribution is 2.31. The van der Waals surface area contributed by atoms with Gasteiger partial charge in [0.2, 0.25) is 0 Å². The lowest BCUT2D eigenvalue weighted by Gasteiger charge is -2.32. The zero-order valence-electron chi connectivity index (χ0n) is 13.6. The first-order valence-electron chi connectivity index (χ1n) is 8.03. The van der Waals surface area contributed by atoms with Gasteiger partial charge >= 0.3 is 0 Å². The summed E-state index contributed by atoms with van der Waals surface area (Å²) in [5, 5.41) is 0. The lowest BCUT2D eigenvalue weighted by Crippen LogP contribution is -2.37. The largest absolute Gasteiger partial charge is 0.352 e. The molecule has 3 heteroatoms. The van der Waals surface area contributed by atoms with Crippen molar-refractivity contribution in [1.82, 2.24) is 9.88 Å². The second-order valence-corrected chi connectivity index (χ2v) is 6.33. The highest BCUT2D eigenvalue weighted by atomic mass is 15.2. The molecule has 1 aromatic rings. The average molecular weight is 275 g/mol. The van der Waals surface area contributed by atoms with E-state index < -0.39 is 0 Å². The topological polar surface area (TPSA) is 19.4 Å². The van der Waals surface area contributed by atoms with Crippen molar-refractivity contribution in [2.45, 2.75) is 65.6 Å². The van der Waals surface area contributed by atoms with Crippen molar-refractivity contribution in [1.29, 1.82) is 0 Å². The molecule has 1 fully saturated rings. The molecule has 0 radical (unpaired) electrons. The molecule has 0 spiro atoms. The number of pyridine rings is 1. The molecule has 0 saturated carbocycles. The molecule has 0 unspecified atom stereocenters. The molecule has 0 bridgehead atoms. The van der Waals surface area contributed by atoms with Crippen LogP contribution in [0.1, 0.15) is 59.1 Å². The van der Waals surface area contributed by atoms with Crippen LogP contribution in [0.2, 0.25) is 0 Å². The molecule has 0 aromatic carbocycles. The molecule has 2 rings (SSSR count). The molecule has 1 atom stereocenters. The van der Waals surface area contributed by atoms with Crippen LogP contribution in [-0.4, -0.2) is 35.1 Å². The van der Waals surface area contributed by atoms with Crippen LogP contribution < -0.4 is 4.90 Å². The third-order valence-electron chi connectivity index (χ3n) is 4.30. The fourth-order valence-electron chi connectivity index (χ4n) is 3.45. The highest BCUT2D eigenvalue weighted by Gasteiger charge is 2.25. The van der Waals surface area contributed by atoms with Crippen molar-refractivity contribution in [3.05, 3.63) is 23.9 Å². The van der Waals surface area contributed by atoms with Gasteiger partial charge in [0, 0.05) is 24.3 Å². The number of anilines is 1. The number of hydrogen-bond acceptors (Lipinski definition) is 3. The van der Waals surface area contributed by atoms with E-state index in [2.05, 4.69) is 62.7 Å². The predicted molar refractivity (Wildman–Crippen MR) is 86.2 cm³/mol. The number of rotatable bonds is 5. The number of aromatic nitrogens is 1. The van der Waals surface area contributed by atoms with Gasteiger partial charge in [-0.1, -0.05) is 13.0 Å². The summed E-state index contributed by atoms with van der Waals surface area (Å²) in [7, 11) is 0.